The van der Waals surface area contributed by atoms with Crippen LogP contribution < -0.4 is 0 Å². The molecule has 1 aliphatic carbocycles. The number of carbonyl (C=O) groups is 1. The van der Waals surface area contributed by atoms with E-state index in [1.54, 1.807) is 0 Å². The van der Waals surface area contributed by atoms with E-state index in [1.807, 2.05) is 11.0 Å². The summed E-state index contributed by atoms with van der Waals surface area (Å²) in [6.07, 6.45) is 10.9. The fourth-order valence-electron chi connectivity index (χ4n) is 4.11. The zero-order valence-electron chi connectivity index (χ0n) is 16.6. The third-order valence-corrected chi connectivity index (χ3v) is 5.82. The fourth-order valence-corrected chi connectivity index (χ4v) is 4.11. The van der Waals surface area contributed by atoms with Gasteiger partial charge in [0.15, 0.2) is 0 Å². The predicted molar refractivity (Wildman–Crippen MR) is 112 cm³/mol. The van der Waals surface area contributed by atoms with Crippen molar-refractivity contribution in [1.29, 1.82) is 0 Å². The van der Waals surface area contributed by atoms with Crippen molar-refractivity contribution in [1.82, 2.24) is 9.47 Å². The molecule has 3 nitrogen and oxygen atoms in total. The van der Waals surface area contributed by atoms with Crippen LogP contribution in [0.3, 0.4) is 0 Å². The molecule has 3 heteroatoms. The van der Waals surface area contributed by atoms with Gasteiger partial charge in [0, 0.05) is 31.4 Å². The van der Waals surface area contributed by atoms with Crippen molar-refractivity contribution >= 4 is 5.91 Å². The zero-order chi connectivity index (χ0) is 19.1. The molecule has 0 N–H and O–H groups in total. The minimum atomic E-state index is 0.255. The summed E-state index contributed by atoms with van der Waals surface area (Å²) in [5.41, 5.74) is 3.79. The largest absolute Gasteiger partial charge is 0.345 e. The maximum Gasteiger partial charge on any atom is 0.223 e. The van der Waals surface area contributed by atoms with E-state index >= 15 is 0 Å². The van der Waals surface area contributed by atoms with Crippen LogP contribution in [0, 0.1) is 12.8 Å². The lowest BCUT2D eigenvalue weighted by atomic mass is 10.0. The van der Waals surface area contributed by atoms with Gasteiger partial charge in [0.2, 0.25) is 5.91 Å². The summed E-state index contributed by atoms with van der Waals surface area (Å²) in [5.74, 6) is 1.01. The van der Waals surface area contributed by atoms with E-state index < -0.39 is 0 Å². The number of rotatable bonds is 9. The Bertz CT molecular complexity index is 755. The molecule has 0 spiro atoms. The Labute approximate surface area is 163 Å². The van der Waals surface area contributed by atoms with Crippen LogP contribution in [0.1, 0.15) is 55.3 Å². The molecule has 1 saturated carbocycles. The van der Waals surface area contributed by atoms with Crippen molar-refractivity contribution in [3.8, 4) is 0 Å². The third-order valence-electron chi connectivity index (χ3n) is 5.82. The number of amides is 1. The molecule has 0 atom stereocenters. The minimum absolute atomic E-state index is 0.255. The van der Waals surface area contributed by atoms with Crippen LogP contribution in [-0.2, 0) is 17.9 Å². The SMILES string of the molecule is C=CCN(Cc1cccn1Cc1ccccc1C)C(=O)CCC1CCCC1. The van der Waals surface area contributed by atoms with Gasteiger partial charge in [-0.15, -0.1) is 6.58 Å². The Kier molecular flexibility index (Phi) is 6.92. The molecule has 0 aliphatic heterocycles. The Balaban J connectivity index is 1.64. The molecule has 1 aromatic heterocycles. The molecule has 1 heterocycles. The Hall–Kier alpha value is -2.29. The van der Waals surface area contributed by atoms with Crippen LogP contribution >= 0.6 is 0 Å². The number of aryl methyl sites for hydroxylation is 1. The number of hydrogen-bond acceptors (Lipinski definition) is 1. The van der Waals surface area contributed by atoms with Gasteiger partial charge in [0.1, 0.15) is 0 Å². The molecule has 2 aromatic rings. The van der Waals surface area contributed by atoms with Gasteiger partial charge in [-0.3, -0.25) is 4.79 Å². The smallest absolute Gasteiger partial charge is 0.223 e. The van der Waals surface area contributed by atoms with E-state index in [0.717, 1.165) is 18.9 Å². The summed E-state index contributed by atoms with van der Waals surface area (Å²) < 4.78 is 2.25. The summed E-state index contributed by atoms with van der Waals surface area (Å²) in [7, 11) is 0. The second-order valence-electron chi connectivity index (χ2n) is 7.81. The molecule has 0 unspecified atom stereocenters. The van der Waals surface area contributed by atoms with Crippen molar-refractivity contribution in [3.05, 3.63) is 72.1 Å². The first-order valence-corrected chi connectivity index (χ1v) is 10.2. The van der Waals surface area contributed by atoms with Crippen LogP contribution in [0.2, 0.25) is 0 Å². The molecule has 0 radical (unpaired) electrons. The molecule has 3 rings (SSSR count). The van der Waals surface area contributed by atoms with Crippen molar-refractivity contribution in [2.75, 3.05) is 6.54 Å². The fraction of sp³-hybridized carbons (Fsp3) is 0.458. The second kappa shape index (κ2) is 9.59. The third kappa shape index (κ3) is 5.35. The number of benzene rings is 1. The van der Waals surface area contributed by atoms with Gasteiger partial charge in [-0.2, -0.15) is 0 Å². The predicted octanol–water partition coefficient (Wildman–Crippen LogP) is 5.33. The normalized spacial score (nSPS) is 14.4. The first-order valence-electron chi connectivity index (χ1n) is 10.2. The van der Waals surface area contributed by atoms with Crippen LogP contribution in [-0.4, -0.2) is 21.9 Å². The number of aromatic nitrogens is 1. The molecule has 1 aromatic carbocycles. The van der Waals surface area contributed by atoms with Crippen LogP contribution in [0.25, 0.3) is 0 Å². The molecular formula is C24H32N2O. The van der Waals surface area contributed by atoms with E-state index in [9.17, 15) is 4.79 Å². The van der Waals surface area contributed by atoms with Crippen LogP contribution in [0.5, 0.6) is 0 Å². The molecule has 1 amide bonds. The minimum Gasteiger partial charge on any atom is -0.345 e. The summed E-state index contributed by atoms with van der Waals surface area (Å²) in [4.78, 5) is 14.8. The first kappa shape index (κ1) is 19.5. The lowest BCUT2D eigenvalue weighted by molar-refractivity contribution is -0.131. The Morgan fingerprint density at radius 1 is 1.22 bits per heavy atom. The van der Waals surface area contributed by atoms with Crippen molar-refractivity contribution in [2.45, 2.75) is 58.5 Å². The lowest BCUT2D eigenvalue weighted by Gasteiger charge is -2.23. The summed E-state index contributed by atoms with van der Waals surface area (Å²) >= 11 is 0. The average molecular weight is 365 g/mol. The molecule has 27 heavy (non-hydrogen) atoms. The number of nitrogens with zero attached hydrogens (tertiary/aromatic N) is 2. The first-order chi connectivity index (χ1) is 13.2. The van der Waals surface area contributed by atoms with Gasteiger partial charge in [-0.1, -0.05) is 56.0 Å². The average Bonchev–Trinajstić information content (AvgIpc) is 3.33. The molecule has 1 aliphatic rings. The summed E-state index contributed by atoms with van der Waals surface area (Å²) in [6.45, 7) is 8.10. The Morgan fingerprint density at radius 3 is 2.74 bits per heavy atom. The van der Waals surface area contributed by atoms with Gasteiger partial charge < -0.3 is 9.47 Å². The van der Waals surface area contributed by atoms with Crippen molar-refractivity contribution < 1.29 is 4.79 Å². The lowest BCUT2D eigenvalue weighted by Crippen LogP contribution is -2.31. The highest BCUT2D eigenvalue weighted by Gasteiger charge is 2.19. The highest BCUT2D eigenvalue weighted by atomic mass is 16.2. The summed E-state index contributed by atoms with van der Waals surface area (Å²) in [5, 5.41) is 0. The Morgan fingerprint density at radius 2 is 2.00 bits per heavy atom. The molecule has 144 valence electrons. The van der Waals surface area contributed by atoms with Crippen LogP contribution in [0.4, 0.5) is 0 Å². The van der Waals surface area contributed by atoms with Crippen molar-refractivity contribution in [3.63, 3.8) is 0 Å². The van der Waals surface area contributed by atoms with Gasteiger partial charge in [-0.05, 0) is 42.5 Å². The standard InChI is InChI=1S/C24H32N2O/c1-3-16-26(24(27)15-14-21-10-5-6-11-21)19-23-13-8-17-25(23)18-22-12-7-4-9-20(22)2/h3-4,7-9,12-13,17,21H,1,5-6,10-11,14-16,18-19H2,2H3. The molecule has 1 fully saturated rings. The van der Waals surface area contributed by atoms with E-state index in [2.05, 4.69) is 60.7 Å². The summed E-state index contributed by atoms with van der Waals surface area (Å²) in [6, 6.07) is 12.7. The second-order valence-corrected chi connectivity index (χ2v) is 7.81. The van der Waals surface area contributed by atoms with Gasteiger partial charge in [0.05, 0.1) is 6.54 Å². The van der Waals surface area contributed by atoms with Gasteiger partial charge in [0.25, 0.3) is 0 Å². The van der Waals surface area contributed by atoms with Gasteiger partial charge >= 0.3 is 0 Å². The monoisotopic (exact) mass is 364 g/mol. The molecule has 0 bridgehead atoms. The van der Waals surface area contributed by atoms with Crippen molar-refractivity contribution in [2.24, 2.45) is 5.92 Å². The van der Waals surface area contributed by atoms with E-state index in [4.69, 9.17) is 0 Å². The highest BCUT2D eigenvalue weighted by molar-refractivity contribution is 5.76. The van der Waals surface area contributed by atoms with Crippen LogP contribution in [0.15, 0.2) is 55.3 Å². The topological polar surface area (TPSA) is 25.2 Å². The van der Waals surface area contributed by atoms with E-state index in [0.29, 0.717) is 19.5 Å². The number of hydrogen-bond donors (Lipinski definition) is 0. The van der Waals surface area contributed by atoms with E-state index in [-0.39, 0.29) is 5.91 Å². The van der Waals surface area contributed by atoms with Gasteiger partial charge in [-0.25, -0.2) is 0 Å². The number of carbonyl (C=O) groups excluding carboxylic acids is 1. The maximum atomic E-state index is 12.8. The molecule has 0 saturated heterocycles. The maximum absolute atomic E-state index is 12.8. The van der Waals surface area contributed by atoms with E-state index in [1.165, 1.54) is 42.5 Å². The zero-order valence-corrected chi connectivity index (χ0v) is 16.6. The highest BCUT2D eigenvalue weighted by Crippen LogP contribution is 2.28. The molecular weight excluding hydrogens is 332 g/mol. The quantitative estimate of drug-likeness (QED) is 0.552.